The molecular formula is C22H23FN4O3S. The molecule has 0 saturated carbocycles. The predicted octanol–water partition coefficient (Wildman–Crippen LogP) is 4.73. The summed E-state index contributed by atoms with van der Waals surface area (Å²) in [5.74, 6) is -0.646. The highest BCUT2D eigenvalue weighted by Gasteiger charge is 2.19. The number of carbonyl (C=O) groups excluding carboxylic acids is 1. The lowest BCUT2D eigenvalue weighted by atomic mass is 10.2. The molecule has 0 aliphatic rings. The molecule has 162 valence electrons. The van der Waals surface area contributed by atoms with Crippen LogP contribution >= 0.6 is 11.3 Å². The highest BCUT2D eigenvalue weighted by Crippen LogP contribution is 2.29. The van der Waals surface area contributed by atoms with Gasteiger partial charge in [0.1, 0.15) is 5.82 Å². The van der Waals surface area contributed by atoms with Crippen molar-refractivity contribution in [1.29, 1.82) is 0 Å². The number of thiazole rings is 1. The Hall–Kier alpha value is -3.17. The van der Waals surface area contributed by atoms with Gasteiger partial charge >= 0.3 is 0 Å². The van der Waals surface area contributed by atoms with Gasteiger partial charge in [-0.05, 0) is 42.9 Å². The Morgan fingerprint density at radius 3 is 2.68 bits per heavy atom. The second-order valence-corrected chi connectivity index (χ2v) is 7.82. The van der Waals surface area contributed by atoms with E-state index in [0.717, 1.165) is 13.1 Å². The number of fused-ring (bicyclic) bond motifs is 1. The molecule has 0 atom stereocenters. The Labute approximate surface area is 183 Å². The van der Waals surface area contributed by atoms with Crippen molar-refractivity contribution in [3.63, 3.8) is 0 Å². The van der Waals surface area contributed by atoms with Crippen molar-refractivity contribution in [3.05, 3.63) is 70.0 Å². The second-order valence-electron chi connectivity index (χ2n) is 6.81. The molecule has 0 unspecified atom stereocenters. The summed E-state index contributed by atoms with van der Waals surface area (Å²) in [5.41, 5.74) is 1.14. The Balaban J connectivity index is 1.88. The molecular weight excluding hydrogens is 419 g/mol. The molecule has 3 aromatic rings. The number of halogens is 1. The largest absolute Gasteiger partial charge is 0.302 e. The van der Waals surface area contributed by atoms with Crippen molar-refractivity contribution in [3.8, 4) is 0 Å². The third-order valence-corrected chi connectivity index (χ3v) is 5.91. The number of benzene rings is 2. The molecule has 0 N–H and O–H groups in total. The Bertz CT molecular complexity index is 1110. The first-order chi connectivity index (χ1) is 14.9. The van der Waals surface area contributed by atoms with Crippen molar-refractivity contribution in [1.82, 2.24) is 9.88 Å². The van der Waals surface area contributed by atoms with Gasteiger partial charge in [0, 0.05) is 31.3 Å². The van der Waals surface area contributed by atoms with E-state index in [4.69, 9.17) is 0 Å². The zero-order valence-corrected chi connectivity index (χ0v) is 18.1. The summed E-state index contributed by atoms with van der Waals surface area (Å²) in [6.07, 6.45) is 2.93. The number of aromatic nitrogens is 1. The van der Waals surface area contributed by atoms with Crippen LogP contribution in [-0.2, 0) is 4.79 Å². The highest BCUT2D eigenvalue weighted by molar-refractivity contribution is 7.22. The standard InChI is InChI=1S/C22H23FN4O3S/c1-3-25(4-2)12-13-26(22-24-19-10-9-17(23)15-20(19)31-22)21(28)11-8-16-6-5-7-18(14-16)27(29)30/h5-11,14-15H,3-4,12-13H2,1-2H3. The van der Waals surface area contributed by atoms with Gasteiger partial charge in [0.25, 0.3) is 11.6 Å². The molecule has 0 spiro atoms. The van der Waals surface area contributed by atoms with E-state index in [-0.39, 0.29) is 17.4 Å². The topological polar surface area (TPSA) is 79.6 Å². The lowest BCUT2D eigenvalue weighted by Crippen LogP contribution is -2.38. The average molecular weight is 443 g/mol. The molecule has 31 heavy (non-hydrogen) atoms. The lowest BCUT2D eigenvalue weighted by molar-refractivity contribution is -0.384. The number of hydrogen-bond acceptors (Lipinski definition) is 6. The summed E-state index contributed by atoms with van der Waals surface area (Å²) >= 11 is 1.26. The van der Waals surface area contributed by atoms with Gasteiger partial charge in [-0.15, -0.1) is 0 Å². The summed E-state index contributed by atoms with van der Waals surface area (Å²) in [4.78, 5) is 31.8. The van der Waals surface area contributed by atoms with Gasteiger partial charge < -0.3 is 4.90 Å². The number of non-ortho nitro benzene ring substituents is 1. The lowest BCUT2D eigenvalue weighted by Gasteiger charge is -2.23. The van der Waals surface area contributed by atoms with E-state index in [1.54, 1.807) is 29.2 Å². The zero-order chi connectivity index (χ0) is 22.4. The fourth-order valence-electron chi connectivity index (χ4n) is 3.08. The van der Waals surface area contributed by atoms with E-state index in [0.29, 0.717) is 34.0 Å². The number of nitro benzene ring substituents is 1. The first-order valence-electron chi connectivity index (χ1n) is 9.93. The molecule has 0 bridgehead atoms. The van der Waals surface area contributed by atoms with Gasteiger partial charge in [-0.3, -0.25) is 19.8 Å². The van der Waals surface area contributed by atoms with Gasteiger partial charge in [-0.2, -0.15) is 0 Å². The maximum absolute atomic E-state index is 13.6. The second kappa shape index (κ2) is 10.2. The molecule has 1 heterocycles. The monoisotopic (exact) mass is 442 g/mol. The SMILES string of the molecule is CCN(CC)CCN(C(=O)C=Cc1cccc([N+](=O)[O-])c1)c1nc2ccc(F)cc2s1. The number of likely N-dealkylation sites (N-methyl/N-ethyl adjacent to an activating group) is 1. The smallest absolute Gasteiger partial charge is 0.270 e. The third kappa shape index (κ3) is 5.71. The zero-order valence-electron chi connectivity index (χ0n) is 17.3. The van der Waals surface area contributed by atoms with E-state index >= 15 is 0 Å². The predicted molar refractivity (Wildman–Crippen MR) is 122 cm³/mol. The van der Waals surface area contributed by atoms with Crippen LogP contribution in [0.1, 0.15) is 19.4 Å². The number of carbonyl (C=O) groups is 1. The number of amides is 1. The maximum Gasteiger partial charge on any atom is 0.270 e. The van der Waals surface area contributed by atoms with Gasteiger partial charge in [-0.25, -0.2) is 9.37 Å². The van der Waals surface area contributed by atoms with Crippen molar-refractivity contribution >= 4 is 44.4 Å². The molecule has 0 aliphatic heterocycles. The summed E-state index contributed by atoms with van der Waals surface area (Å²) < 4.78 is 14.2. The van der Waals surface area contributed by atoms with Crippen molar-refractivity contribution in [2.75, 3.05) is 31.1 Å². The molecule has 0 aliphatic carbocycles. The quantitative estimate of drug-likeness (QED) is 0.272. The van der Waals surface area contributed by atoms with Crippen molar-refractivity contribution < 1.29 is 14.1 Å². The summed E-state index contributed by atoms with van der Waals surface area (Å²) in [6, 6.07) is 10.4. The Kier molecular flexibility index (Phi) is 7.43. The minimum absolute atomic E-state index is 0.0406. The molecule has 0 radical (unpaired) electrons. The van der Waals surface area contributed by atoms with E-state index < -0.39 is 4.92 Å². The van der Waals surface area contributed by atoms with Crippen LogP contribution in [0.2, 0.25) is 0 Å². The minimum Gasteiger partial charge on any atom is -0.302 e. The summed E-state index contributed by atoms with van der Waals surface area (Å²) in [5, 5.41) is 11.5. The molecule has 9 heteroatoms. The number of nitrogens with zero attached hydrogens (tertiary/aromatic N) is 4. The van der Waals surface area contributed by atoms with Crippen LogP contribution < -0.4 is 4.90 Å². The van der Waals surface area contributed by atoms with Crippen LogP contribution in [0.25, 0.3) is 16.3 Å². The van der Waals surface area contributed by atoms with Crippen LogP contribution in [0.4, 0.5) is 15.2 Å². The molecule has 0 saturated heterocycles. The average Bonchev–Trinajstić information content (AvgIpc) is 3.18. The van der Waals surface area contributed by atoms with Crippen LogP contribution in [0.3, 0.4) is 0 Å². The van der Waals surface area contributed by atoms with Crippen molar-refractivity contribution in [2.24, 2.45) is 0 Å². The Morgan fingerprint density at radius 2 is 1.97 bits per heavy atom. The third-order valence-electron chi connectivity index (χ3n) is 4.87. The Morgan fingerprint density at radius 1 is 1.19 bits per heavy atom. The fourth-order valence-corrected chi connectivity index (χ4v) is 4.10. The highest BCUT2D eigenvalue weighted by atomic mass is 32.1. The van der Waals surface area contributed by atoms with Crippen LogP contribution in [0, 0.1) is 15.9 Å². The summed E-state index contributed by atoms with van der Waals surface area (Å²) in [6.45, 7) is 6.90. The molecule has 7 nitrogen and oxygen atoms in total. The van der Waals surface area contributed by atoms with Crippen LogP contribution in [-0.4, -0.2) is 46.9 Å². The molecule has 1 amide bonds. The fraction of sp³-hybridized carbons (Fsp3) is 0.273. The normalized spacial score (nSPS) is 11.5. The first kappa shape index (κ1) is 22.5. The number of hydrogen-bond donors (Lipinski definition) is 0. The number of anilines is 1. The minimum atomic E-state index is -0.476. The number of rotatable bonds is 9. The van der Waals surface area contributed by atoms with Gasteiger partial charge in [0.05, 0.1) is 15.1 Å². The number of nitro groups is 1. The first-order valence-corrected chi connectivity index (χ1v) is 10.8. The maximum atomic E-state index is 13.6. The van der Waals surface area contributed by atoms with Gasteiger partial charge in [0.2, 0.25) is 0 Å². The van der Waals surface area contributed by atoms with Crippen molar-refractivity contribution in [2.45, 2.75) is 13.8 Å². The van der Waals surface area contributed by atoms with E-state index in [2.05, 4.69) is 23.7 Å². The van der Waals surface area contributed by atoms with E-state index in [1.165, 1.54) is 41.7 Å². The molecule has 1 aromatic heterocycles. The molecule has 0 fully saturated rings. The van der Waals surface area contributed by atoms with E-state index in [9.17, 15) is 19.3 Å². The molecule has 2 aromatic carbocycles. The molecule has 3 rings (SSSR count). The van der Waals surface area contributed by atoms with Gasteiger partial charge in [-0.1, -0.05) is 37.3 Å². The van der Waals surface area contributed by atoms with E-state index in [1.807, 2.05) is 0 Å². The summed E-state index contributed by atoms with van der Waals surface area (Å²) in [7, 11) is 0. The van der Waals surface area contributed by atoms with Gasteiger partial charge in [0.15, 0.2) is 5.13 Å². The van der Waals surface area contributed by atoms with Crippen LogP contribution in [0.5, 0.6) is 0 Å². The van der Waals surface area contributed by atoms with Crippen LogP contribution in [0.15, 0.2) is 48.5 Å².